The normalized spacial score (nSPS) is 30.0. The molecule has 2 aliphatic rings. The van der Waals surface area contributed by atoms with E-state index in [0.29, 0.717) is 16.1 Å². The Morgan fingerprint density at radius 1 is 1.16 bits per heavy atom. The second kappa shape index (κ2) is 7.48. The van der Waals surface area contributed by atoms with Crippen LogP contribution >= 0.6 is 11.6 Å². The van der Waals surface area contributed by atoms with E-state index < -0.39 is 35.9 Å². The van der Waals surface area contributed by atoms with Gasteiger partial charge in [-0.1, -0.05) is 17.7 Å². The molecule has 2 N–H and O–H groups in total. The predicted octanol–water partition coefficient (Wildman–Crippen LogP) is 3.43. The van der Waals surface area contributed by atoms with Gasteiger partial charge >= 0.3 is 0 Å². The van der Waals surface area contributed by atoms with Crippen LogP contribution in [0.3, 0.4) is 0 Å². The van der Waals surface area contributed by atoms with E-state index in [-0.39, 0.29) is 6.61 Å². The Hall–Kier alpha value is -2.07. The Labute approximate surface area is 190 Å². The number of halogens is 1. The first-order valence-electron chi connectivity index (χ1n) is 10.5. The number of hydrogen-bond donors (Lipinski definition) is 2. The summed E-state index contributed by atoms with van der Waals surface area (Å²) in [5.74, 6) is -0.855. The Kier molecular flexibility index (Phi) is 5.09. The van der Waals surface area contributed by atoms with E-state index in [4.69, 9.17) is 25.8 Å². The van der Waals surface area contributed by atoms with Gasteiger partial charge in [0.05, 0.1) is 12.3 Å². The first-order chi connectivity index (χ1) is 15.1. The smallest absolute Gasteiger partial charge is 0.165 e. The molecule has 2 saturated heterocycles. The van der Waals surface area contributed by atoms with Gasteiger partial charge in [0.15, 0.2) is 12.0 Å². The van der Waals surface area contributed by atoms with Gasteiger partial charge in [-0.3, -0.25) is 0 Å². The van der Waals surface area contributed by atoms with Gasteiger partial charge in [-0.05, 0) is 57.0 Å². The Balaban J connectivity index is 1.60. The van der Waals surface area contributed by atoms with Gasteiger partial charge in [0, 0.05) is 16.6 Å². The lowest BCUT2D eigenvalue weighted by molar-refractivity contribution is -0.235. The Morgan fingerprint density at radius 3 is 2.69 bits per heavy atom. The van der Waals surface area contributed by atoms with E-state index in [1.807, 2.05) is 44.5 Å². The largest absolute Gasteiger partial charge is 0.392 e. The maximum absolute atomic E-state index is 11.5. The van der Waals surface area contributed by atoms with Crippen LogP contribution in [0, 0.1) is 6.92 Å². The van der Waals surface area contributed by atoms with Crippen LogP contribution in [0.5, 0.6) is 0 Å². The van der Waals surface area contributed by atoms with E-state index in [2.05, 4.69) is 9.97 Å². The third kappa shape index (κ3) is 3.25. The molecule has 5 rings (SSSR count). The molecule has 0 bridgehead atoms. The van der Waals surface area contributed by atoms with Gasteiger partial charge in [0.25, 0.3) is 0 Å². The van der Waals surface area contributed by atoms with Crippen LogP contribution in [0.4, 0.5) is 0 Å². The number of nitrogens with zero attached hydrogens (tertiary/aromatic N) is 3. The Bertz CT molecular complexity index is 1180. The van der Waals surface area contributed by atoms with Gasteiger partial charge in [0.2, 0.25) is 0 Å². The highest BCUT2D eigenvalue weighted by atomic mass is 35.5. The van der Waals surface area contributed by atoms with Crippen molar-refractivity contribution in [3.63, 3.8) is 0 Å². The van der Waals surface area contributed by atoms with Crippen molar-refractivity contribution >= 4 is 22.6 Å². The van der Waals surface area contributed by atoms with E-state index >= 15 is 0 Å². The maximum Gasteiger partial charge on any atom is 0.165 e. The summed E-state index contributed by atoms with van der Waals surface area (Å²) in [5, 5.41) is 22.8. The third-order valence-corrected chi connectivity index (χ3v) is 6.68. The molecule has 0 amide bonds. The summed E-state index contributed by atoms with van der Waals surface area (Å²) in [6, 6.07) is 6.97. The van der Waals surface area contributed by atoms with Gasteiger partial charge in [-0.15, -0.1) is 0 Å². The monoisotopic (exact) mass is 459 g/mol. The average molecular weight is 460 g/mol. The average Bonchev–Trinajstić information content (AvgIpc) is 3.39. The van der Waals surface area contributed by atoms with Crippen molar-refractivity contribution in [2.45, 2.75) is 70.2 Å². The summed E-state index contributed by atoms with van der Waals surface area (Å²) in [5.41, 5.74) is 1.48. The number of rotatable bonds is 4. The fourth-order valence-corrected chi connectivity index (χ4v) is 5.05. The van der Waals surface area contributed by atoms with Crippen molar-refractivity contribution < 1.29 is 24.4 Å². The summed E-state index contributed by atoms with van der Waals surface area (Å²) in [7, 11) is 0. The van der Waals surface area contributed by atoms with Crippen LogP contribution in [0.25, 0.3) is 11.0 Å². The highest BCUT2D eigenvalue weighted by molar-refractivity contribution is 6.30. The zero-order chi connectivity index (χ0) is 22.8. The van der Waals surface area contributed by atoms with Crippen molar-refractivity contribution in [2.75, 3.05) is 0 Å². The SMILES string of the molecule is Cc1ncnc2c1ccn2[C@@H]1O[C@](C)([C@H](O)c2ccc(Cl)cc2CO)[C@H]2OC(C)(C)O[C@@H]12. The van der Waals surface area contributed by atoms with Crippen molar-refractivity contribution in [1.29, 1.82) is 0 Å². The summed E-state index contributed by atoms with van der Waals surface area (Å²) in [4.78, 5) is 8.71. The highest BCUT2D eigenvalue weighted by Gasteiger charge is 2.64. The molecule has 5 atom stereocenters. The summed E-state index contributed by atoms with van der Waals surface area (Å²) < 4.78 is 20.9. The van der Waals surface area contributed by atoms with Gasteiger partial charge < -0.3 is 29.0 Å². The Morgan fingerprint density at radius 2 is 1.94 bits per heavy atom. The molecule has 9 heteroatoms. The minimum absolute atomic E-state index is 0.262. The molecule has 32 heavy (non-hydrogen) atoms. The van der Waals surface area contributed by atoms with E-state index in [1.54, 1.807) is 18.2 Å². The van der Waals surface area contributed by atoms with Crippen LogP contribution < -0.4 is 0 Å². The van der Waals surface area contributed by atoms with Gasteiger partial charge in [-0.2, -0.15) is 0 Å². The first-order valence-corrected chi connectivity index (χ1v) is 10.9. The van der Waals surface area contributed by atoms with Crippen LogP contribution in [-0.2, 0) is 20.8 Å². The minimum atomic E-state index is -1.17. The molecule has 8 nitrogen and oxygen atoms in total. The molecular weight excluding hydrogens is 434 g/mol. The van der Waals surface area contributed by atoms with Crippen LogP contribution in [-0.4, -0.2) is 48.3 Å². The number of aliphatic hydroxyl groups excluding tert-OH is 2. The zero-order valence-electron chi connectivity index (χ0n) is 18.3. The quantitative estimate of drug-likeness (QED) is 0.616. The van der Waals surface area contributed by atoms with Crippen molar-refractivity contribution in [2.24, 2.45) is 0 Å². The summed E-state index contributed by atoms with van der Waals surface area (Å²) >= 11 is 6.10. The molecule has 2 aliphatic heterocycles. The molecule has 0 radical (unpaired) electrons. The lowest BCUT2D eigenvalue weighted by Gasteiger charge is -2.36. The molecule has 3 aromatic rings. The third-order valence-electron chi connectivity index (χ3n) is 6.45. The van der Waals surface area contributed by atoms with Crippen molar-refractivity contribution in [3.05, 3.63) is 58.6 Å². The maximum atomic E-state index is 11.5. The standard InChI is InChI=1S/C23H26ClN3O5/c1-12-15-7-8-27(20(15)26-11-25-12)21-17-19(31-22(2,3)30-17)23(4,32-21)18(29)16-6-5-14(24)9-13(16)10-28/h5-9,11,17-19,21,28-29H,10H2,1-4H3/t17-,18-,19+,21-,23-/m1/s1. The number of aromatic nitrogens is 3. The second-order valence-corrected chi connectivity index (χ2v) is 9.47. The fraction of sp³-hybridized carbons (Fsp3) is 0.478. The van der Waals surface area contributed by atoms with Crippen molar-refractivity contribution in [3.8, 4) is 0 Å². The molecule has 170 valence electrons. The second-order valence-electron chi connectivity index (χ2n) is 9.04. The zero-order valence-corrected chi connectivity index (χ0v) is 19.1. The number of aliphatic hydroxyl groups is 2. The molecule has 1 aromatic carbocycles. The summed E-state index contributed by atoms with van der Waals surface area (Å²) in [6.07, 6.45) is 0.669. The number of fused-ring (bicyclic) bond motifs is 2. The predicted molar refractivity (Wildman–Crippen MR) is 117 cm³/mol. The molecule has 0 aliphatic carbocycles. The molecular formula is C23H26ClN3O5. The van der Waals surface area contributed by atoms with Crippen molar-refractivity contribution in [1.82, 2.24) is 14.5 Å². The molecule has 4 heterocycles. The minimum Gasteiger partial charge on any atom is -0.392 e. The van der Waals surface area contributed by atoms with Gasteiger partial charge in [-0.25, -0.2) is 9.97 Å². The number of benzene rings is 1. The molecule has 0 spiro atoms. The van der Waals surface area contributed by atoms with E-state index in [0.717, 1.165) is 16.7 Å². The number of ether oxygens (including phenoxy) is 3. The van der Waals surface area contributed by atoms with Gasteiger partial charge in [0.1, 0.15) is 35.9 Å². The topological polar surface area (TPSA) is 98.9 Å². The number of hydrogen-bond acceptors (Lipinski definition) is 7. The van der Waals surface area contributed by atoms with E-state index in [9.17, 15) is 10.2 Å². The lowest BCUT2D eigenvalue weighted by atomic mass is 9.85. The summed E-state index contributed by atoms with van der Waals surface area (Å²) in [6.45, 7) is 7.16. The molecule has 0 unspecified atom stereocenters. The van der Waals surface area contributed by atoms with E-state index in [1.165, 1.54) is 6.33 Å². The van der Waals surface area contributed by atoms with Crippen LogP contribution in [0.2, 0.25) is 5.02 Å². The molecule has 2 fully saturated rings. The first kappa shape index (κ1) is 21.8. The van der Waals surface area contributed by atoms with Crippen LogP contribution in [0.1, 0.15) is 49.9 Å². The van der Waals surface area contributed by atoms with Crippen LogP contribution in [0.15, 0.2) is 36.8 Å². The highest BCUT2D eigenvalue weighted by Crippen LogP contribution is 2.53. The fourth-order valence-electron chi connectivity index (χ4n) is 4.86. The molecule has 2 aromatic heterocycles. The number of aryl methyl sites for hydroxylation is 1. The molecule has 0 saturated carbocycles. The lowest BCUT2D eigenvalue weighted by Crippen LogP contribution is -2.46.